The second-order valence-electron chi connectivity index (χ2n) is 6.11. The molecule has 0 saturated heterocycles. The van der Waals surface area contributed by atoms with Gasteiger partial charge in [0.15, 0.2) is 0 Å². The van der Waals surface area contributed by atoms with Gasteiger partial charge >= 0.3 is 0 Å². The quantitative estimate of drug-likeness (QED) is 0.740. The molecule has 24 heavy (non-hydrogen) atoms. The van der Waals surface area contributed by atoms with Crippen LogP contribution in [0.4, 0.5) is 0 Å². The van der Waals surface area contributed by atoms with Gasteiger partial charge in [-0.15, -0.1) is 0 Å². The van der Waals surface area contributed by atoms with Gasteiger partial charge in [-0.05, 0) is 38.4 Å². The SMILES string of the molecule is CN(C)CCn1c2ccccc2c(=S(=O)(O)c2ccccc2)n1C. The van der Waals surface area contributed by atoms with E-state index in [1.165, 1.54) is 0 Å². The predicted molar refractivity (Wildman–Crippen MR) is 98.2 cm³/mol. The van der Waals surface area contributed by atoms with Crippen LogP contribution in [0.15, 0.2) is 59.5 Å². The van der Waals surface area contributed by atoms with Gasteiger partial charge < -0.3 is 9.45 Å². The second kappa shape index (κ2) is 6.47. The molecule has 0 aliphatic heterocycles. The number of hydrogen-bond acceptors (Lipinski definition) is 2. The van der Waals surface area contributed by atoms with Crippen molar-refractivity contribution in [1.29, 1.82) is 0 Å². The third-order valence-corrected chi connectivity index (χ3v) is 6.07. The average molecular weight is 345 g/mol. The second-order valence-corrected chi connectivity index (χ2v) is 8.02. The van der Waals surface area contributed by atoms with Crippen molar-refractivity contribution in [3.05, 3.63) is 59.2 Å². The number of benzene rings is 2. The minimum Gasteiger partial charge on any atom is -0.308 e. The van der Waals surface area contributed by atoms with Crippen molar-refractivity contribution in [3.63, 3.8) is 0 Å². The molecule has 1 atom stereocenters. The van der Waals surface area contributed by atoms with Crippen LogP contribution in [0.25, 0.3) is 10.9 Å². The molecule has 0 fully saturated rings. The Balaban J connectivity index is 2.40. The van der Waals surface area contributed by atoms with E-state index in [-0.39, 0.29) is 0 Å². The van der Waals surface area contributed by atoms with E-state index in [2.05, 4.69) is 9.58 Å². The van der Waals surface area contributed by atoms with Gasteiger partial charge in [0.05, 0.1) is 17.0 Å². The number of likely N-dealkylation sites (N-methyl/N-ethyl adjacent to an activating group) is 1. The highest BCUT2D eigenvalue weighted by Gasteiger charge is 2.16. The molecule has 0 radical (unpaired) electrons. The maximum atomic E-state index is 13.3. The Hall–Kier alpha value is -2.02. The molecule has 0 bridgehead atoms. The molecule has 0 amide bonds. The molecule has 1 heterocycles. The van der Waals surface area contributed by atoms with Crippen molar-refractivity contribution in [2.75, 3.05) is 20.6 Å². The maximum absolute atomic E-state index is 13.3. The van der Waals surface area contributed by atoms with Crippen LogP contribution in [0.1, 0.15) is 0 Å². The first-order chi connectivity index (χ1) is 11.4. The Morgan fingerprint density at radius 1 is 1.04 bits per heavy atom. The van der Waals surface area contributed by atoms with Crippen LogP contribution in [0.5, 0.6) is 0 Å². The van der Waals surface area contributed by atoms with Crippen molar-refractivity contribution in [2.45, 2.75) is 11.4 Å². The molecular formula is C18H23N3O2S. The Labute approximate surface area is 142 Å². The van der Waals surface area contributed by atoms with Gasteiger partial charge in [0, 0.05) is 19.0 Å². The lowest BCUT2D eigenvalue weighted by Crippen LogP contribution is -2.22. The van der Waals surface area contributed by atoms with Crippen molar-refractivity contribution in [2.24, 2.45) is 7.05 Å². The van der Waals surface area contributed by atoms with Gasteiger partial charge in [-0.1, -0.05) is 30.3 Å². The smallest absolute Gasteiger partial charge is 0.148 e. The highest BCUT2D eigenvalue weighted by atomic mass is 32.2. The largest absolute Gasteiger partial charge is 0.308 e. The summed E-state index contributed by atoms with van der Waals surface area (Å²) in [5, 5.41) is 0.815. The topological polar surface area (TPSA) is 50.4 Å². The molecule has 0 saturated carbocycles. The molecule has 3 aromatic rings. The van der Waals surface area contributed by atoms with E-state index < -0.39 is 9.80 Å². The van der Waals surface area contributed by atoms with Gasteiger partial charge in [0.2, 0.25) is 0 Å². The molecule has 6 heteroatoms. The van der Waals surface area contributed by atoms with Crippen molar-refractivity contribution in [3.8, 4) is 0 Å². The number of aromatic nitrogens is 2. The lowest BCUT2D eigenvalue weighted by atomic mass is 10.2. The zero-order chi connectivity index (χ0) is 17.3. The number of hydrogen-bond donors (Lipinski definition) is 1. The summed E-state index contributed by atoms with van der Waals surface area (Å²) in [5.41, 5.74) is 0.967. The minimum absolute atomic E-state index is 0.427. The first-order valence-electron chi connectivity index (χ1n) is 7.87. The monoisotopic (exact) mass is 345 g/mol. The van der Waals surface area contributed by atoms with Crippen LogP contribution in [0.3, 0.4) is 0 Å². The first-order valence-corrected chi connectivity index (χ1v) is 9.38. The van der Waals surface area contributed by atoms with E-state index in [4.69, 9.17) is 0 Å². The molecule has 0 spiro atoms. The standard InChI is InChI=1S/C18H23N3O2S/c1-19(2)13-14-21-17-12-8-7-11-16(17)18(20(21)3)24(22,23)15-9-5-4-6-10-15/h4-12H,13-14H2,1-3H3,(H,22,23). The summed E-state index contributed by atoms with van der Waals surface area (Å²) in [6, 6.07) is 16.6. The fourth-order valence-corrected chi connectivity index (χ4v) is 4.61. The fraction of sp³-hybridized carbons (Fsp3) is 0.278. The first kappa shape index (κ1) is 16.8. The molecule has 2 aromatic carbocycles. The molecule has 0 aliphatic rings. The lowest BCUT2D eigenvalue weighted by molar-refractivity contribution is 0.360. The molecule has 3 rings (SSSR count). The maximum Gasteiger partial charge on any atom is 0.148 e. The van der Waals surface area contributed by atoms with E-state index in [9.17, 15) is 8.76 Å². The summed E-state index contributed by atoms with van der Waals surface area (Å²) in [7, 11) is 2.55. The van der Waals surface area contributed by atoms with Crippen LogP contribution < -0.4 is 0 Å². The number of nitrogens with zero attached hydrogens (tertiary/aromatic N) is 3. The summed E-state index contributed by atoms with van der Waals surface area (Å²) in [6.45, 7) is 1.60. The van der Waals surface area contributed by atoms with E-state index in [1.807, 2.05) is 56.2 Å². The summed E-state index contributed by atoms with van der Waals surface area (Å²) in [5.74, 6) is 0. The van der Waals surface area contributed by atoms with Gasteiger partial charge in [-0.2, -0.15) is 0 Å². The normalized spacial score (nSPS) is 14.2. The van der Waals surface area contributed by atoms with Crippen molar-refractivity contribution >= 4 is 20.7 Å². The molecule has 1 N–H and O–H groups in total. The zero-order valence-corrected chi connectivity index (χ0v) is 15.0. The van der Waals surface area contributed by atoms with Crippen molar-refractivity contribution in [1.82, 2.24) is 14.3 Å². The molecule has 1 aromatic heterocycles. The lowest BCUT2D eigenvalue weighted by Gasteiger charge is -2.14. The molecule has 128 valence electrons. The highest BCUT2D eigenvalue weighted by Crippen LogP contribution is 2.22. The predicted octanol–water partition coefficient (Wildman–Crippen LogP) is 2.89. The Morgan fingerprint density at radius 2 is 1.67 bits per heavy atom. The van der Waals surface area contributed by atoms with Crippen LogP contribution >= 0.6 is 0 Å². The average Bonchev–Trinajstić information content (AvgIpc) is 2.85. The summed E-state index contributed by atoms with van der Waals surface area (Å²) >= 11 is 0. The third-order valence-electron chi connectivity index (χ3n) is 4.15. The van der Waals surface area contributed by atoms with Crippen molar-refractivity contribution < 1.29 is 8.76 Å². The molecule has 5 nitrogen and oxygen atoms in total. The van der Waals surface area contributed by atoms with E-state index in [0.29, 0.717) is 9.54 Å². The summed E-state index contributed by atoms with van der Waals surface area (Å²) < 4.78 is 28.5. The van der Waals surface area contributed by atoms with E-state index in [0.717, 1.165) is 24.0 Å². The Bertz CT molecular complexity index is 1010. The van der Waals surface area contributed by atoms with Gasteiger partial charge in [0.1, 0.15) is 14.4 Å². The highest BCUT2D eigenvalue weighted by molar-refractivity contribution is 7.90. The molecular weight excluding hydrogens is 322 g/mol. The summed E-state index contributed by atoms with van der Waals surface area (Å²) in [4.78, 5) is 2.53. The van der Waals surface area contributed by atoms with E-state index in [1.54, 1.807) is 24.3 Å². The van der Waals surface area contributed by atoms with E-state index >= 15 is 0 Å². The molecule has 0 aliphatic carbocycles. The summed E-state index contributed by atoms with van der Waals surface area (Å²) in [6.07, 6.45) is 0. The van der Waals surface area contributed by atoms with Gasteiger partial charge in [-0.3, -0.25) is 9.36 Å². The number of para-hydroxylation sites is 1. The Morgan fingerprint density at radius 3 is 2.33 bits per heavy atom. The fourth-order valence-electron chi connectivity index (χ4n) is 2.93. The van der Waals surface area contributed by atoms with Crippen LogP contribution in [0, 0.1) is 4.64 Å². The van der Waals surface area contributed by atoms with Crippen LogP contribution in [-0.4, -0.2) is 43.7 Å². The Kier molecular flexibility index (Phi) is 4.54. The van der Waals surface area contributed by atoms with Crippen LogP contribution in [-0.2, 0) is 23.4 Å². The molecule has 1 unspecified atom stereocenters. The van der Waals surface area contributed by atoms with Crippen LogP contribution in [0.2, 0.25) is 0 Å². The number of fused-ring (bicyclic) bond motifs is 1. The number of rotatable bonds is 4. The third kappa shape index (κ3) is 2.88. The minimum atomic E-state index is -3.34. The van der Waals surface area contributed by atoms with Gasteiger partial charge in [-0.25, -0.2) is 4.21 Å². The van der Waals surface area contributed by atoms with Gasteiger partial charge in [0.25, 0.3) is 0 Å². The zero-order valence-electron chi connectivity index (χ0n) is 14.2.